The smallest absolute Gasteiger partial charge is 0.252 e. The van der Waals surface area contributed by atoms with Gasteiger partial charge in [-0.25, -0.2) is 4.39 Å². The number of halogens is 1. The van der Waals surface area contributed by atoms with E-state index in [1.807, 2.05) is 26.0 Å². The zero-order chi connectivity index (χ0) is 22.8. The lowest BCUT2D eigenvalue weighted by Gasteiger charge is -2.35. The third-order valence-corrected chi connectivity index (χ3v) is 5.74. The van der Waals surface area contributed by atoms with E-state index in [2.05, 4.69) is 27.1 Å². The standard InChI is InChI=1S/C24H28FN5O2/c1-4-32-20-8-6-16-21(28-19-13-15(2)5-7-18(19)25)17(24(26)31)14-27-22(16)23(20)30-11-9-29(3)10-12-30/h5-8,13-14H,4,9-12H2,1-3H3,(H2,26,31)(H,27,28). The lowest BCUT2D eigenvalue weighted by Crippen LogP contribution is -2.44. The topological polar surface area (TPSA) is 83.7 Å². The maximum Gasteiger partial charge on any atom is 0.252 e. The van der Waals surface area contributed by atoms with Crippen LogP contribution in [0.2, 0.25) is 0 Å². The van der Waals surface area contributed by atoms with Crippen LogP contribution in [0.3, 0.4) is 0 Å². The molecule has 2 aromatic carbocycles. The number of nitrogens with one attached hydrogen (secondary N) is 1. The van der Waals surface area contributed by atoms with E-state index in [1.165, 1.54) is 12.3 Å². The van der Waals surface area contributed by atoms with Crippen LogP contribution in [0.4, 0.5) is 21.5 Å². The van der Waals surface area contributed by atoms with Crippen molar-refractivity contribution < 1.29 is 13.9 Å². The molecule has 0 radical (unpaired) electrons. The number of nitrogens with zero attached hydrogens (tertiary/aromatic N) is 3. The molecule has 0 atom stereocenters. The van der Waals surface area contributed by atoms with Crippen molar-refractivity contribution >= 4 is 33.9 Å². The number of nitrogens with two attached hydrogens (primary N) is 1. The van der Waals surface area contributed by atoms with Crippen LogP contribution >= 0.6 is 0 Å². The van der Waals surface area contributed by atoms with Crippen LogP contribution in [-0.2, 0) is 0 Å². The minimum Gasteiger partial charge on any atom is -0.492 e. The van der Waals surface area contributed by atoms with E-state index in [-0.39, 0.29) is 11.3 Å². The second kappa shape index (κ2) is 9.00. The first kappa shape index (κ1) is 21.8. The highest BCUT2D eigenvalue weighted by Gasteiger charge is 2.24. The van der Waals surface area contributed by atoms with Crippen LogP contribution in [-0.4, -0.2) is 55.6 Å². The molecule has 3 aromatic rings. The highest BCUT2D eigenvalue weighted by atomic mass is 19.1. The van der Waals surface area contributed by atoms with Gasteiger partial charge in [0.05, 0.1) is 29.1 Å². The van der Waals surface area contributed by atoms with Crippen molar-refractivity contribution in [2.75, 3.05) is 50.1 Å². The molecule has 4 rings (SSSR count). The Morgan fingerprint density at radius 3 is 2.66 bits per heavy atom. The predicted molar refractivity (Wildman–Crippen MR) is 126 cm³/mol. The van der Waals surface area contributed by atoms with Gasteiger partial charge in [-0.3, -0.25) is 9.78 Å². The Hall–Kier alpha value is -3.39. The summed E-state index contributed by atoms with van der Waals surface area (Å²) in [5.74, 6) is -0.317. The molecular weight excluding hydrogens is 409 g/mol. The fourth-order valence-corrected chi connectivity index (χ4v) is 4.03. The number of amides is 1. The highest BCUT2D eigenvalue weighted by molar-refractivity contribution is 6.10. The van der Waals surface area contributed by atoms with Crippen molar-refractivity contribution in [2.45, 2.75) is 13.8 Å². The van der Waals surface area contributed by atoms with Crippen LogP contribution in [0.25, 0.3) is 10.9 Å². The number of carbonyl (C=O) groups is 1. The Morgan fingerprint density at radius 1 is 1.22 bits per heavy atom. The lowest BCUT2D eigenvalue weighted by molar-refractivity contribution is 0.100. The van der Waals surface area contributed by atoms with Gasteiger partial charge in [-0.05, 0) is 50.7 Å². The maximum atomic E-state index is 14.5. The average Bonchev–Trinajstić information content (AvgIpc) is 2.77. The number of hydrogen-bond acceptors (Lipinski definition) is 6. The van der Waals surface area contributed by atoms with Crippen molar-refractivity contribution in [1.82, 2.24) is 9.88 Å². The molecule has 1 aliphatic rings. The summed E-state index contributed by atoms with van der Waals surface area (Å²) in [7, 11) is 2.10. The minimum atomic E-state index is -0.634. The summed E-state index contributed by atoms with van der Waals surface area (Å²) in [6.07, 6.45) is 1.45. The molecule has 1 saturated heterocycles. The quantitative estimate of drug-likeness (QED) is 0.612. The first-order valence-electron chi connectivity index (χ1n) is 10.7. The molecule has 8 heteroatoms. The van der Waals surface area contributed by atoms with Crippen molar-refractivity contribution in [1.29, 1.82) is 0 Å². The van der Waals surface area contributed by atoms with Gasteiger partial charge in [-0.2, -0.15) is 0 Å². The van der Waals surface area contributed by atoms with E-state index < -0.39 is 11.7 Å². The fourth-order valence-electron chi connectivity index (χ4n) is 4.03. The fraction of sp³-hybridized carbons (Fsp3) is 0.333. The molecule has 0 spiro atoms. The number of hydrogen-bond donors (Lipinski definition) is 2. The second-order valence-electron chi connectivity index (χ2n) is 8.05. The Labute approximate surface area is 187 Å². The van der Waals surface area contributed by atoms with Gasteiger partial charge in [0.15, 0.2) is 0 Å². The number of rotatable bonds is 6. The number of benzene rings is 2. The monoisotopic (exact) mass is 437 g/mol. The molecule has 168 valence electrons. The van der Waals surface area contributed by atoms with Crippen LogP contribution < -0.4 is 20.7 Å². The van der Waals surface area contributed by atoms with E-state index >= 15 is 0 Å². The van der Waals surface area contributed by atoms with Crippen molar-refractivity contribution in [3.63, 3.8) is 0 Å². The van der Waals surface area contributed by atoms with Gasteiger partial charge < -0.3 is 25.6 Å². The zero-order valence-corrected chi connectivity index (χ0v) is 18.6. The Balaban J connectivity index is 1.92. The summed E-state index contributed by atoms with van der Waals surface area (Å²) in [6, 6.07) is 8.51. The number of primary amides is 1. The van der Waals surface area contributed by atoms with Crippen LogP contribution in [0.1, 0.15) is 22.8 Å². The summed E-state index contributed by atoms with van der Waals surface area (Å²) in [6.45, 7) is 7.82. The number of piperazine rings is 1. The minimum absolute atomic E-state index is 0.201. The Kier molecular flexibility index (Phi) is 6.14. The molecule has 3 N–H and O–H groups in total. The predicted octanol–water partition coefficient (Wildman–Crippen LogP) is 3.68. The van der Waals surface area contributed by atoms with Crippen LogP contribution in [0.5, 0.6) is 5.75 Å². The molecule has 1 aliphatic heterocycles. The first-order chi connectivity index (χ1) is 15.4. The Bertz CT molecular complexity index is 1160. The van der Waals surface area contributed by atoms with Crippen molar-refractivity contribution in [3.05, 3.63) is 53.5 Å². The van der Waals surface area contributed by atoms with Crippen LogP contribution in [0.15, 0.2) is 36.5 Å². The summed E-state index contributed by atoms with van der Waals surface area (Å²) in [5, 5.41) is 3.79. The second-order valence-corrected chi connectivity index (χ2v) is 8.05. The third-order valence-electron chi connectivity index (χ3n) is 5.74. The maximum absolute atomic E-state index is 14.5. The summed E-state index contributed by atoms with van der Waals surface area (Å²) < 4.78 is 20.5. The Morgan fingerprint density at radius 2 is 1.97 bits per heavy atom. The lowest BCUT2D eigenvalue weighted by atomic mass is 10.0. The van der Waals surface area contributed by atoms with Gasteiger partial charge in [0.25, 0.3) is 5.91 Å². The number of ether oxygens (including phenoxy) is 1. The molecule has 0 unspecified atom stereocenters. The van der Waals surface area contributed by atoms with Gasteiger partial charge in [-0.15, -0.1) is 0 Å². The molecule has 0 aliphatic carbocycles. The van der Waals surface area contributed by atoms with E-state index in [0.717, 1.165) is 43.2 Å². The molecule has 1 amide bonds. The number of fused-ring (bicyclic) bond motifs is 1. The van der Waals surface area contributed by atoms with E-state index in [9.17, 15) is 9.18 Å². The third kappa shape index (κ3) is 4.18. The van der Waals surface area contributed by atoms with Crippen molar-refractivity contribution in [3.8, 4) is 5.75 Å². The van der Waals surface area contributed by atoms with E-state index in [4.69, 9.17) is 10.5 Å². The molecule has 0 saturated carbocycles. The van der Waals surface area contributed by atoms with Gasteiger partial charge in [0, 0.05) is 37.8 Å². The molecule has 1 fully saturated rings. The number of likely N-dealkylation sites (N-methyl/N-ethyl adjacent to an activating group) is 1. The van der Waals surface area contributed by atoms with Gasteiger partial charge in [0.1, 0.15) is 17.3 Å². The normalized spacial score (nSPS) is 14.6. The molecule has 0 bridgehead atoms. The number of aromatic nitrogens is 1. The summed E-state index contributed by atoms with van der Waals surface area (Å²) >= 11 is 0. The highest BCUT2D eigenvalue weighted by Crippen LogP contribution is 2.40. The van der Waals surface area contributed by atoms with Gasteiger partial charge >= 0.3 is 0 Å². The number of anilines is 3. The summed E-state index contributed by atoms with van der Waals surface area (Å²) in [5.41, 5.74) is 9.01. The van der Waals surface area contributed by atoms with E-state index in [0.29, 0.717) is 23.2 Å². The molecule has 1 aromatic heterocycles. The van der Waals surface area contributed by atoms with Crippen molar-refractivity contribution in [2.24, 2.45) is 5.73 Å². The van der Waals surface area contributed by atoms with Gasteiger partial charge in [-0.1, -0.05) is 6.07 Å². The zero-order valence-electron chi connectivity index (χ0n) is 18.6. The van der Waals surface area contributed by atoms with E-state index in [1.54, 1.807) is 12.1 Å². The first-order valence-corrected chi connectivity index (χ1v) is 10.7. The number of carbonyl (C=O) groups excluding carboxylic acids is 1. The number of aryl methyl sites for hydroxylation is 1. The largest absolute Gasteiger partial charge is 0.492 e. The molecular formula is C24H28FN5O2. The molecule has 7 nitrogen and oxygen atoms in total. The summed E-state index contributed by atoms with van der Waals surface area (Å²) in [4.78, 5) is 21.3. The molecule has 32 heavy (non-hydrogen) atoms. The molecule has 2 heterocycles. The van der Waals surface area contributed by atoms with Crippen LogP contribution in [0, 0.1) is 12.7 Å². The average molecular weight is 438 g/mol. The van der Waals surface area contributed by atoms with Gasteiger partial charge in [0.2, 0.25) is 0 Å². The SMILES string of the molecule is CCOc1ccc2c(Nc3cc(C)ccc3F)c(C(N)=O)cnc2c1N1CCN(C)CC1. The number of pyridine rings is 1.